The summed E-state index contributed by atoms with van der Waals surface area (Å²) in [5.74, 6) is 0.196. The highest BCUT2D eigenvalue weighted by Crippen LogP contribution is 2.37. The van der Waals surface area contributed by atoms with Gasteiger partial charge in [-0.25, -0.2) is 17.8 Å². The average molecular weight is 391 g/mol. The molecule has 144 valence electrons. The SMILES string of the molecule is CCn1nc(C)c(S(=O)(=O)N2CCCC2c2nc3ccc(F)cc3[nH]2)c1C. The van der Waals surface area contributed by atoms with Crippen LogP contribution in [-0.2, 0) is 16.6 Å². The van der Waals surface area contributed by atoms with E-state index in [1.54, 1.807) is 24.6 Å². The molecule has 1 atom stereocenters. The fourth-order valence-corrected chi connectivity index (χ4v) is 5.98. The first-order chi connectivity index (χ1) is 12.8. The second-order valence-corrected chi connectivity index (χ2v) is 8.70. The standard InChI is InChI=1S/C18H22FN5O2S/c1-4-23-12(3)17(11(2)22-23)27(25,26)24-9-5-6-16(24)18-20-14-8-7-13(19)10-15(14)21-18/h7-8,10,16H,4-6,9H2,1-3H3,(H,20,21). The summed E-state index contributed by atoms with van der Waals surface area (Å²) in [4.78, 5) is 7.89. The molecule has 1 aromatic carbocycles. The van der Waals surface area contributed by atoms with Crippen LogP contribution in [0.4, 0.5) is 4.39 Å². The van der Waals surface area contributed by atoms with Crippen LogP contribution in [0.2, 0.25) is 0 Å². The molecule has 1 aliphatic rings. The quantitative estimate of drug-likeness (QED) is 0.741. The largest absolute Gasteiger partial charge is 0.341 e. The minimum Gasteiger partial charge on any atom is -0.341 e. The third-order valence-corrected chi connectivity index (χ3v) is 7.32. The van der Waals surface area contributed by atoms with Gasteiger partial charge in [0.1, 0.15) is 16.5 Å². The Morgan fingerprint density at radius 1 is 1.33 bits per heavy atom. The van der Waals surface area contributed by atoms with E-state index < -0.39 is 16.1 Å². The molecule has 0 aliphatic carbocycles. The normalized spacial score (nSPS) is 18.6. The van der Waals surface area contributed by atoms with Gasteiger partial charge in [0, 0.05) is 13.1 Å². The highest BCUT2D eigenvalue weighted by Gasteiger charge is 2.40. The van der Waals surface area contributed by atoms with E-state index in [0.717, 1.165) is 6.42 Å². The molecule has 1 aliphatic heterocycles. The van der Waals surface area contributed by atoms with E-state index in [9.17, 15) is 12.8 Å². The number of fused-ring (bicyclic) bond motifs is 1. The van der Waals surface area contributed by atoms with Crippen LogP contribution in [0.5, 0.6) is 0 Å². The van der Waals surface area contributed by atoms with Gasteiger partial charge in [0.15, 0.2) is 0 Å². The van der Waals surface area contributed by atoms with E-state index in [1.807, 2.05) is 6.92 Å². The number of aromatic nitrogens is 4. The molecule has 9 heteroatoms. The first-order valence-corrected chi connectivity index (χ1v) is 10.5. The van der Waals surface area contributed by atoms with E-state index in [4.69, 9.17) is 0 Å². The molecule has 3 aromatic rings. The molecule has 2 aromatic heterocycles. The summed E-state index contributed by atoms with van der Waals surface area (Å²) in [6.07, 6.45) is 1.41. The van der Waals surface area contributed by atoms with Crippen LogP contribution in [-0.4, -0.2) is 39.0 Å². The Labute approximate surface area is 157 Å². The van der Waals surface area contributed by atoms with Crippen molar-refractivity contribution in [3.05, 3.63) is 41.2 Å². The maximum atomic E-state index is 13.5. The van der Waals surface area contributed by atoms with E-state index >= 15 is 0 Å². The summed E-state index contributed by atoms with van der Waals surface area (Å²) in [5.41, 5.74) is 2.35. The Hall–Kier alpha value is -2.26. The minimum absolute atomic E-state index is 0.276. The van der Waals surface area contributed by atoms with E-state index in [0.29, 0.717) is 47.8 Å². The number of benzene rings is 1. The number of aromatic amines is 1. The molecule has 27 heavy (non-hydrogen) atoms. The number of hydrogen-bond donors (Lipinski definition) is 1. The van der Waals surface area contributed by atoms with Crippen molar-refractivity contribution in [1.29, 1.82) is 0 Å². The summed E-state index contributed by atoms with van der Waals surface area (Å²) in [6.45, 7) is 6.48. The van der Waals surface area contributed by atoms with Crippen molar-refractivity contribution in [3.8, 4) is 0 Å². The molecule has 1 saturated heterocycles. The second kappa shape index (κ2) is 6.42. The van der Waals surface area contributed by atoms with Gasteiger partial charge in [-0.05, 0) is 51.8 Å². The van der Waals surface area contributed by atoms with Crippen molar-refractivity contribution in [3.63, 3.8) is 0 Å². The minimum atomic E-state index is -3.72. The zero-order chi connectivity index (χ0) is 19.3. The van der Waals surface area contributed by atoms with Crippen LogP contribution in [0.15, 0.2) is 23.1 Å². The zero-order valence-corrected chi connectivity index (χ0v) is 16.3. The van der Waals surface area contributed by atoms with Gasteiger partial charge in [-0.15, -0.1) is 0 Å². The number of aryl methyl sites for hydroxylation is 2. The lowest BCUT2D eigenvalue weighted by Gasteiger charge is -2.22. The molecular formula is C18H22FN5O2S. The van der Waals surface area contributed by atoms with Crippen molar-refractivity contribution in [1.82, 2.24) is 24.1 Å². The summed E-state index contributed by atoms with van der Waals surface area (Å²) >= 11 is 0. The van der Waals surface area contributed by atoms with Gasteiger partial charge in [-0.2, -0.15) is 9.40 Å². The van der Waals surface area contributed by atoms with Crippen molar-refractivity contribution in [2.45, 2.75) is 51.1 Å². The van der Waals surface area contributed by atoms with Gasteiger partial charge in [0.25, 0.3) is 0 Å². The van der Waals surface area contributed by atoms with Gasteiger partial charge < -0.3 is 4.98 Å². The molecule has 1 fully saturated rings. The van der Waals surface area contributed by atoms with Crippen LogP contribution in [0.1, 0.15) is 43.0 Å². The summed E-state index contributed by atoms with van der Waals surface area (Å²) in [5, 5.41) is 4.35. The van der Waals surface area contributed by atoms with Crippen LogP contribution < -0.4 is 0 Å². The molecule has 1 unspecified atom stereocenters. The molecule has 0 bridgehead atoms. The lowest BCUT2D eigenvalue weighted by atomic mass is 10.2. The Kier molecular flexibility index (Phi) is 4.31. The maximum absolute atomic E-state index is 13.5. The van der Waals surface area contributed by atoms with Crippen LogP contribution in [0.25, 0.3) is 11.0 Å². The molecule has 0 amide bonds. The van der Waals surface area contributed by atoms with Gasteiger partial charge in [0.05, 0.1) is 28.5 Å². The highest BCUT2D eigenvalue weighted by atomic mass is 32.2. The molecule has 3 heterocycles. The molecule has 7 nitrogen and oxygen atoms in total. The monoisotopic (exact) mass is 391 g/mol. The number of imidazole rings is 1. The maximum Gasteiger partial charge on any atom is 0.247 e. The Bertz CT molecular complexity index is 1120. The van der Waals surface area contributed by atoms with Crippen molar-refractivity contribution < 1.29 is 12.8 Å². The smallest absolute Gasteiger partial charge is 0.247 e. The Morgan fingerprint density at radius 3 is 2.81 bits per heavy atom. The first kappa shape index (κ1) is 18.1. The summed E-state index contributed by atoms with van der Waals surface area (Å²) in [6, 6.07) is 3.92. The molecule has 1 N–H and O–H groups in total. The molecule has 0 spiro atoms. The lowest BCUT2D eigenvalue weighted by Crippen LogP contribution is -2.32. The molecule has 0 saturated carbocycles. The molecule has 4 rings (SSSR count). The third-order valence-electron chi connectivity index (χ3n) is 5.16. The van der Waals surface area contributed by atoms with Gasteiger partial charge in [-0.3, -0.25) is 4.68 Å². The Morgan fingerprint density at radius 2 is 2.11 bits per heavy atom. The van der Waals surface area contributed by atoms with Gasteiger partial charge in [-0.1, -0.05) is 0 Å². The predicted octanol–water partition coefficient (Wildman–Crippen LogP) is 3.06. The van der Waals surface area contributed by atoms with Crippen molar-refractivity contribution >= 4 is 21.1 Å². The molecular weight excluding hydrogens is 369 g/mol. The fourth-order valence-electron chi connectivity index (χ4n) is 3.94. The van der Waals surface area contributed by atoms with Gasteiger partial charge >= 0.3 is 0 Å². The van der Waals surface area contributed by atoms with E-state index in [2.05, 4.69) is 15.1 Å². The predicted molar refractivity (Wildman–Crippen MR) is 99.3 cm³/mol. The second-order valence-electron chi connectivity index (χ2n) is 6.87. The number of halogens is 1. The number of nitrogens with zero attached hydrogens (tertiary/aromatic N) is 4. The van der Waals surface area contributed by atoms with Crippen LogP contribution in [0.3, 0.4) is 0 Å². The highest BCUT2D eigenvalue weighted by molar-refractivity contribution is 7.89. The van der Waals surface area contributed by atoms with Crippen LogP contribution >= 0.6 is 0 Å². The van der Waals surface area contributed by atoms with Crippen molar-refractivity contribution in [2.75, 3.05) is 6.54 Å². The summed E-state index contributed by atoms with van der Waals surface area (Å²) < 4.78 is 43.5. The molecule has 0 radical (unpaired) electrons. The van der Waals surface area contributed by atoms with Gasteiger partial charge in [0.2, 0.25) is 10.0 Å². The van der Waals surface area contributed by atoms with Crippen molar-refractivity contribution in [2.24, 2.45) is 0 Å². The number of hydrogen-bond acceptors (Lipinski definition) is 4. The summed E-state index contributed by atoms with van der Waals surface area (Å²) in [7, 11) is -3.72. The Balaban J connectivity index is 1.77. The lowest BCUT2D eigenvalue weighted by molar-refractivity contribution is 0.385. The first-order valence-electron chi connectivity index (χ1n) is 9.04. The van der Waals surface area contributed by atoms with E-state index in [-0.39, 0.29) is 10.7 Å². The topological polar surface area (TPSA) is 83.9 Å². The van der Waals surface area contributed by atoms with Crippen LogP contribution in [0, 0.1) is 19.7 Å². The number of H-pyrrole nitrogens is 1. The fraction of sp³-hybridized carbons (Fsp3) is 0.444. The van der Waals surface area contributed by atoms with E-state index in [1.165, 1.54) is 16.4 Å². The zero-order valence-electron chi connectivity index (χ0n) is 15.5. The third kappa shape index (κ3) is 2.85. The number of sulfonamides is 1. The average Bonchev–Trinajstić information content (AvgIpc) is 3.30. The number of rotatable bonds is 4. The number of nitrogens with one attached hydrogen (secondary N) is 1.